The molecule has 2 aromatic carbocycles. The molecule has 0 aromatic heterocycles. The van der Waals surface area contributed by atoms with Crippen LogP contribution in [0.4, 0.5) is 0 Å². The molecule has 0 saturated carbocycles. The molecule has 0 bridgehead atoms. The number of aliphatic hydroxyl groups excluding tert-OH is 2. The predicted octanol–water partition coefficient (Wildman–Crippen LogP) is 3.95. The van der Waals surface area contributed by atoms with E-state index < -0.39 is 23.3 Å². The highest BCUT2D eigenvalue weighted by atomic mass is 35.5. The lowest BCUT2D eigenvalue weighted by Gasteiger charge is -2.18. The molecule has 7 nitrogen and oxygen atoms in total. The molecule has 0 heterocycles. The Labute approximate surface area is 190 Å². The van der Waals surface area contributed by atoms with Crippen molar-refractivity contribution < 1.29 is 24.9 Å². The van der Waals surface area contributed by atoms with E-state index >= 15 is 0 Å². The Balaban J connectivity index is 2.07. The highest BCUT2D eigenvalue weighted by Crippen LogP contribution is 2.35. The lowest BCUT2D eigenvalue weighted by atomic mass is 10.1. The number of phenolic OH excluding ortho intramolecular Hbond substituents is 1. The normalized spacial score (nSPS) is 12.5. The van der Waals surface area contributed by atoms with E-state index in [9.17, 15) is 25.4 Å². The van der Waals surface area contributed by atoms with Crippen molar-refractivity contribution in [1.29, 1.82) is 5.26 Å². The molecule has 2 rings (SSSR count). The third-order valence-electron chi connectivity index (χ3n) is 4.32. The molecule has 31 heavy (non-hydrogen) atoms. The van der Waals surface area contributed by atoms with Gasteiger partial charge in [-0.25, -0.2) is 0 Å². The van der Waals surface area contributed by atoms with Gasteiger partial charge in [-0.3, -0.25) is 4.79 Å². The quantitative estimate of drug-likeness (QED) is 0.309. The molecule has 0 aliphatic rings. The molecule has 0 radical (unpaired) electrons. The van der Waals surface area contributed by atoms with Crippen LogP contribution in [0.3, 0.4) is 0 Å². The molecule has 164 valence electrons. The van der Waals surface area contributed by atoms with Crippen LogP contribution in [0.1, 0.15) is 18.1 Å². The van der Waals surface area contributed by atoms with Gasteiger partial charge in [0, 0.05) is 12.6 Å². The summed E-state index contributed by atoms with van der Waals surface area (Å²) in [5.74, 6) is -1.09. The zero-order valence-electron chi connectivity index (χ0n) is 17.0. The van der Waals surface area contributed by atoms with E-state index in [1.807, 2.05) is 12.1 Å². The summed E-state index contributed by atoms with van der Waals surface area (Å²) in [6.45, 7) is 2.00. The van der Waals surface area contributed by atoms with Crippen molar-refractivity contribution in [2.45, 2.75) is 19.4 Å². The molecular formula is C22H22Cl2N2O5. The lowest BCUT2D eigenvalue weighted by molar-refractivity contribution is -0.125. The second kappa shape index (κ2) is 10.9. The fourth-order valence-electron chi connectivity index (χ4n) is 2.74. The molecule has 0 fully saturated rings. The third kappa shape index (κ3) is 6.53. The van der Waals surface area contributed by atoms with Crippen molar-refractivity contribution in [3.05, 3.63) is 63.1 Å². The average Bonchev–Trinajstić information content (AvgIpc) is 2.71. The Morgan fingerprint density at radius 3 is 2.48 bits per heavy atom. The molecule has 9 heteroatoms. The van der Waals surface area contributed by atoms with Crippen molar-refractivity contribution >= 4 is 34.9 Å². The van der Waals surface area contributed by atoms with Crippen molar-refractivity contribution in [3.8, 4) is 17.6 Å². The van der Waals surface area contributed by atoms with Gasteiger partial charge in [-0.2, -0.15) is 5.26 Å². The molecule has 1 unspecified atom stereocenters. The number of halogens is 2. The summed E-state index contributed by atoms with van der Waals surface area (Å²) < 4.78 is 5.65. The number of hydrogen-bond acceptors (Lipinski definition) is 6. The van der Waals surface area contributed by atoms with Gasteiger partial charge in [0.2, 0.25) is 0 Å². The maximum atomic E-state index is 12.6. The molecule has 0 spiro atoms. The minimum Gasteiger partial charge on any atom is -0.506 e. The number of hydrogen-bond donors (Lipinski definition) is 3. The fraction of sp³-hybridized carbons (Fsp3) is 0.273. The minimum atomic E-state index is -0.716. The number of amides is 1. The fourth-order valence-corrected chi connectivity index (χ4v) is 3.23. The third-order valence-corrected chi connectivity index (χ3v) is 4.90. The number of carbonyl (C=O) groups is 1. The molecule has 1 atom stereocenters. The van der Waals surface area contributed by atoms with Gasteiger partial charge in [0.05, 0.1) is 22.7 Å². The zero-order chi connectivity index (χ0) is 23.1. The van der Waals surface area contributed by atoms with Crippen LogP contribution < -0.4 is 4.74 Å². The summed E-state index contributed by atoms with van der Waals surface area (Å²) in [7, 11) is 1.47. The van der Waals surface area contributed by atoms with Crippen LogP contribution >= 0.6 is 23.2 Å². The molecular weight excluding hydrogens is 443 g/mol. The van der Waals surface area contributed by atoms with Gasteiger partial charge in [0.1, 0.15) is 24.2 Å². The number of nitrogens with zero attached hydrogens (tertiary/aromatic N) is 2. The number of nitriles is 1. The largest absolute Gasteiger partial charge is 0.506 e. The highest BCUT2D eigenvalue weighted by Gasteiger charge is 2.21. The first-order valence-corrected chi connectivity index (χ1v) is 10.1. The van der Waals surface area contributed by atoms with Crippen molar-refractivity contribution in [3.63, 3.8) is 0 Å². The maximum absolute atomic E-state index is 12.6. The average molecular weight is 465 g/mol. The second-order valence-corrected chi connectivity index (χ2v) is 7.71. The summed E-state index contributed by atoms with van der Waals surface area (Å²) in [5, 5.41) is 38.7. The van der Waals surface area contributed by atoms with E-state index in [1.54, 1.807) is 25.1 Å². The Morgan fingerprint density at radius 2 is 1.90 bits per heavy atom. The van der Waals surface area contributed by atoms with Crippen LogP contribution in [0.25, 0.3) is 5.76 Å². The molecule has 1 amide bonds. The van der Waals surface area contributed by atoms with Crippen molar-refractivity contribution in [1.82, 2.24) is 4.90 Å². The first kappa shape index (κ1) is 24.4. The molecule has 2 aromatic rings. The van der Waals surface area contributed by atoms with Gasteiger partial charge in [0.25, 0.3) is 5.91 Å². The Kier molecular flexibility index (Phi) is 8.57. The Bertz CT molecular complexity index is 1010. The van der Waals surface area contributed by atoms with Crippen LogP contribution in [0.5, 0.6) is 11.5 Å². The lowest BCUT2D eigenvalue weighted by Crippen LogP contribution is -2.32. The van der Waals surface area contributed by atoms with Crippen LogP contribution in [0.15, 0.2) is 42.0 Å². The van der Waals surface area contributed by atoms with E-state index in [4.69, 9.17) is 27.9 Å². The molecule has 3 N–H and O–H groups in total. The molecule has 0 aliphatic carbocycles. The van der Waals surface area contributed by atoms with Gasteiger partial charge in [-0.1, -0.05) is 35.3 Å². The number of aliphatic hydroxyl groups is 2. The summed E-state index contributed by atoms with van der Waals surface area (Å²) in [6, 6.07) is 11.4. The van der Waals surface area contributed by atoms with Gasteiger partial charge < -0.3 is 25.0 Å². The van der Waals surface area contributed by atoms with Gasteiger partial charge >= 0.3 is 0 Å². The number of likely N-dealkylation sites (N-methyl/N-ethyl adjacent to an activating group) is 1. The molecule has 0 saturated heterocycles. The number of benzene rings is 2. The smallest absolute Gasteiger partial charge is 0.268 e. The number of carbonyl (C=O) groups excluding carboxylic acids is 1. The summed E-state index contributed by atoms with van der Waals surface area (Å²) in [6.07, 6.45) is 0.0254. The number of ether oxygens (including phenoxy) is 1. The first-order chi connectivity index (χ1) is 14.6. The maximum Gasteiger partial charge on any atom is 0.268 e. The van der Waals surface area contributed by atoms with Crippen LogP contribution in [-0.4, -0.2) is 52.4 Å². The summed E-state index contributed by atoms with van der Waals surface area (Å²) in [4.78, 5) is 13.9. The number of aromatic hydroxyl groups is 1. The van der Waals surface area contributed by atoms with Crippen molar-refractivity contribution in [2.75, 3.05) is 20.2 Å². The predicted molar refractivity (Wildman–Crippen MR) is 118 cm³/mol. The van der Waals surface area contributed by atoms with Crippen LogP contribution in [-0.2, 0) is 11.2 Å². The van der Waals surface area contributed by atoms with Gasteiger partial charge in [-0.15, -0.1) is 0 Å². The van der Waals surface area contributed by atoms with E-state index in [0.717, 1.165) is 5.56 Å². The first-order valence-electron chi connectivity index (χ1n) is 9.31. The van der Waals surface area contributed by atoms with Gasteiger partial charge in [-0.05, 0) is 43.2 Å². The SMILES string of the molecule is CC(O)Cc1cccc(OCCN(C)C(=O)/C(C#N)=C(\O)c2cc(Cl)c(O)c(Cl)c2)c1. The van der Waals surface area contributed by atoms with E-state index in [2.05, 4.69) is 0 Å². The number of phenols is 1. The van der Waals surface area contributed by atoms with E-state index in [-0.39, 0.29) is 34.5 Å². The van der Waals surface area contributed by atoms with Crippen LogP contribution in [0.2, 0.25) is 10.0 Å². The van der Waals surface area contributed by atoms with E-state index in [0.29, 0.717) is 12.2 Å². The highest BCUT2D eigenvalue weighted by molar-refractivity contribution is 6.37. The Morgan fingerprint density at radius 1 is 1.26 bits per heavy atom. The summed E-state index contributed by atoms with van der Waals surface area (Å²) >= 11 is 11.7. The van der Waals surface area contributed by atoms with Gasteiger partial charge in [0.15, 0.2) is 11.3 Å². The van der Waals surface area contributed by atoms with Crippen LogP contribution in [0, 0.1) is 11.3 Å². The Hall–Kier alpha value is -2.92. The number of rotatable bonds is 8. The minimum absolute atomic E-state index is 0.0253. The second-order valence-electron chi connectivity index (χ2n) is 6.90. The molecule has 0 aliphatic heterocycles. The monoisotopic (exact) mass is 464 g/mol. The standard InChI is InChI=1S/C22H22Cl2N2O5/c1-13(27)8-14-4-3-5-16(9-14)31-7-6-26(2)22(30)17(12-25)20(28)15-10-18(23)21(29)19(24)11-15/h3-5,9-11,13,27-29H,6-8H2,1-2H3/b20-17-. The van der Waals surface area contributed by atoms with E-state index in [1.165, 1.54) is 24.1 Å². The van der Waals surface area contributed by atoms with Crippen molar-refractivity contribution in [2.24, 2.45) is 0 Å². The topological polar surface area (TPSA) is 114 Å². The zero-order valence-corrected chi connectivity index (χ0v) is 18.5. The summed E-state index contributed by atoms with van der Waals surface area (Å²) in [5.41, 5.74) is 0.444.